The minimum Gasteiger partial charge on any atom is -0.351 e. The van der Waals surface area contributed by atoms with Crippen molar-refractivity contribution in [3.8, 4) is 11.8 Å². The number of benzene rings is 3. The zero-order chi connectivity index (χ0) is 19.8. The molecule has 4 aromatic rings. The van der Waals surface area contributed by atoms with Gasteiger partial charge < -0.3 is 9.47 Å². The average molecular weight is 441 g/mol. The van der Waals surface area contributed by atoms with Crippen molar-refractivity contribution in [3.63, 3.8) is 0 Å². The van der Waals surface area contributed by atoms with Gasteiger partial charge in [0.1, 0.15) is 6.04 Å². The second-order valence-electron chi connectivity index (χ2n) is 7.37. The first-order chi connectivity index (χ1) is 14.2. The lowest BCUT2D eigenvalue weighted by Crippen LogP contribution is -2.36. The number of halogens is 1. The standard InChI is InChI=1S/C26H21BrN2/c1-28-23-13-7-5-11-20(23)21-17-18-29(24-14-8-6-12-22(24)27)25(26(21)28)16-15-19-9-3-2-4-10-19/h2-14,25H,17-18H2,1H3. The number of nitrogens with zero attached hydrogens (tertiary/aromatic N) is 2. The van der Waals surface area contributed by atoms with Crippen LogP contribution >= 0.6 is 15.9 Å². The lowest BCUT2D eigenvalue weighted by atomic mass is 9.96. The summed E-state index contributed by atoms with van der Waals surface area (Å²) in [6.07, 6.45) is 1.02. The van der Waals surface area contributed by atoms with E-state index in [1.165, 1.54) is 27.8 Å². The number of aromatic nitrogens is 1. The summed E-state index contributed by atoms with van der Waals surface area (Å²) >= 11 is 3.75. The summed E-state index contributed by atoms with van der Waals surface area (Å²) in [6.45, 7) is 0.942. The summed E-state index contributed by atoms with van der Waals surface area (Å²) in [6, 6.07) is 27.4. The molecular weight excluding hydrogens is 420 g/mol. The van der Waals surface area contributed by atoms with Crippen LogP contribution < -0.4 is 4.90 Å². The molecule has 0 N–H and O–H groups in total. The molecule has 1 atom stereocenters. The quantitative estimate of drug-likeness (QED) is 0.324. The van der Waals surface area contributed by atoms with Crippen molar-refractivity contribution in [2.24, 2.45) is 7.05 Å². The van der Waals surface area contributed by atoms with Crippen molar-refractivity contribution in [3.05, 3.63) is 100 Å². The van der Waals surface area contributed by atoms with E-state index in [0.717, 1.165) is 23.0 Å². The maximum Gasteiger partial charge on any atom is 0.132 e. The predicted octanol–water partition coefficient (Wildman–Crippen LogP) is 6.10. The summed E-state index contributed by atoms with van der Waals surface area (Å²) in [5.74, 6) is 7.03. The number of anilines is 1. The Balaban J connectivity index is 1.71. The van der Waals surface area contributed by atoms with Gasteiger partial charge in [0.2, 0.25) is 0 Å². The van der Waals surface area contributed by atoms with Crippen molar-refractivity contribution in [1.82, 2.24) is 4.57 Å². The largest absolute Gasteiger partial charge is 0.351 e. The Labute approximate surface area is 179 Å². The Morgan fingerprint density at radius 1 is 0.897 bits per heavy atom. The van der Waals surface area contributed by atoms with Gasteiger partial charge in [0.15, 0.2) is 0 Å². The van der Waals surface area contributed by atoms with Gasteiger partial charge in [-0.05, 0) is 58.2 Å². The third kappa shape index (κ3) is 3.14. The van der Waals surface area contributed by atoms with Crippen LogP contribution in [-0.4, -0.2) is 11.1 Å². The Morgan fingerprint density at radius 3 is 2.45 bits per heavy atom. The Kier molecular flexibility index (Phi) is 4.66. The van der Waals surface area contributed by atoms with Crippen molar-refractivity contribution >= 4 is 32.5 Å². The van der Waals surface area contributed by atoms with Crippen molar-refractivity contribution in [1.29, 1.82) is 0 Å². The van der Waals surface area contributed by atoms with Crippen LogP contribution in [0.2, 0.25) is 0 Å². The molecule has 3 heteroatoms. The van der Waals surface area contributed by atoms with Crippen LogP contribution in [0.25, 0.3) is 10.9 Å². The number of fused-ring (bicyclic) bond motifs is 3. The van der Waals surface area contributed by atoms with Crippen molar-refractivity contribution in [2.45, 2.75) is 12.5 Å². The highest BCUT2D eigenvalue weighted by atomic mass is 79.9. The lowest BCUT2D eigenvalue weighted by molar-refractivity contribution is 0.641. The van der Waals surface area contributed by atoms with Gasteiger partial charge in [0.05, 0.1) is 11.4 Å². The first kappa shape index (κ1) is 18.1. The Morgan fingerprint density at radius 2 is 1.62 bits per heavy atom. The molecule has 0 bridgehead atoms. The SMILES string of the molecule is Cn1c2c(c3ccccc31)CCN(c1ccccc1Br)C2C#Cc1ccccc1. The fraction of sp³-hybridized carbons (Fsp3) is 0.154. The van der Waals surface area contributed by atoms with E-state index in [9.17, 15) is 0 Å². The van der Waals surface area contributed by atoms with Crippen LogP contribution in [0.3, 0.4) is 0 Å². The third-order valence-electron chi connectivity index (χ3n) is 5.72. The smallest absolute Gasteiger partial charge is 0.132 e. The molecule has 3 aromatic carbocycles. The molecule has 0 saturated heterocycles. The van der Waals surface area contributed by atoms with Crippen LogP contribution in [0.5, 0.6) is 0 Å². The predicted molar refractivity (Wildman–Crippen MR) is 124 cm³/mol. The third-order valence-corrected chi connectivity index (χ3v) is 6.39. The summed E-state index contributed by atoms with van der Waals surface area (Å²) < 4.78 is 3.44. The van der Waals surface area contributed by atoms with Gasteiger partial charge in [-0.3, -0.25) is 0 Å². The topological polar surface area (TPSA) is 8.17 Å². The number of hydrogen-bond donors (Lipinski definition) is 0. The first-order valence-electron chi connectivity index (χ1n) is 9.88. The van der Waals surface area contributed by atoms with Gasteiger partial charge in [0.25, 0.3) is 0 Å². The van der Waals surface area contributed by atoms with E-state index in [1.807, 2.05) is 18.2 Å². The van der Waals surface area contributed by atoms with Crippen LogP contribution in [0.15, 0.2) is 83.3 Å². The molecule has 2 heterocycles. The zero-order valence-corrected chi connectivity index (χ0v) is 17.9. The van der Waals surface area contributed by atoms with E-state index < -0.39 is 0 Å². The summed E-state index contributed by atoms with van der Waals surface area (Å²) in [5.41, 5.74) is 6.25. The molecule has 1 unspecified atom stereocenters. The summed E-state index contributed by atoms with van der Waals surface area (Å²) in [5, 5.41) is 1.35. The molecule has 142 valence electrons. The molecule has 0 aliphatic carbocycles. The van der Waals surface area contributed by atoms with E-state index in [1.54, 1.807) is 0 Å². The van der Waals surface area contributed by atoms with E-state index >= 15 is 0 Å². The zero-order valence-electron chi connectivity index (χ0n) is 16.3. The number of aryl methyl sites for hydroxylation is 1. The molecule has 1 aliphatic heterocycles. The fourth-order valence-corrected chi connectivity index (χ4v) is 4.89. The van der Waals surface area contributed by atoms with Gasteiger partial charge in [-0.1, -0.05) is 60.4 Å². The second-order valence-corrected chi connectivity index (χ2v) is 8.23. The molecule has 0 fully saturated rings. The maximum absolute atomic E-state index is 3.75. The van der Waals surface area contributed by atoms with E-state index in [0.29, 0.717) is 0 Å². The molecular formula is C26H21BrN2. The van der Waals surface area contributed by atoms with Gasteiger partial charge in [-0.25, -0.2) is 0 Å². The highest BCUT2D eigenvalue weighted by Gasteiger charge is 2.31. The maximum atomic E-state index is 3.75. The van der Waals surface area contributed by atoms with Gasteiger partial charge in [0, 0.05) is 34.5 Å². The van der Waals surface area contributed by atoms with Gasteiger partial charge >= 0.3 is 0 Å². The molecule has 0 radical (unpaired) electrons. The lowest BCUT2D eigenvalue weighted by Gasteiger charge is -2.36. The molecule has 2 nitrogen and oxygen atoms in total. The minimum atomic E-state index is -0.00458. The number of hydrogen-bond acceptors (Lipinski definition) is 1. The van der Waals surface area contributed by atoms with Crippen LogP contribution in [0.4, 0.5) is 5.69 Å². The molecule has 0 saturated carbocycles. The van der Waals surface area contributed by atoms with Gasteiger partial charge in [-0.2, -0.15) is 0 Å². The normalized spacial score (nSPS) is 15.7. The first-order valence-corrected chi connectivity index (χ1v) is 10.7. The molecule has 0 amide bonds. The highest BCUT2D eigenvalue weighted by molar-refractivity contribution is 9.10. The Hall–Kier alpha value is -2.96. The van der Waals surface area contributed by atoms with Crippen LogP contribution in [-0.2, 0) is 13.5 Å². The second kappa shape index (κ2) is 7.46. The van der Waals surface area contributed by atoms with Crippen LogP contribution in [0.1, 0.15) is 22.9 Å². The summed E-state index contributed by atoms with van der Waals surface area (Å²) in [4.78, 5) is 2.43. The monoisotopic (exact) mass is 440 g/mol. The highest BCUT2D eigenvalue weighted by Crippen LogP contribution is 2.40. The molecule has 1 aliphatic rings. The average Bonchev–Trinajstić information content (AvgIpc) is 3.06. The molecule has 29 heavy (non-hydrogen) atoms. The van der Waals surface area contributed by atoms with Crippen molar-refractivity contribution < 1.29 is 0 Å². The number of para-hydroxylation sites is 2. The van der Waals surface area contributed by atoms with E-state index in [-0.39, 0.29) is 6.04 Å². The van der Waals surface area contributed by atoms with E-state index in [4.69, 9.17) is 0 Å². The number of rotatable bonds is 1. The molecule has 0 spiro atoms. The van der Waals surface area contributed by atoms with Gasteiger partial charge in [-0.15, -0.1) is 0 Å². The van der Waals surface area contributed by atoms with Crippen LogP contribution in [0, 0.1) is 11.8 Å². The van der Waals surface area contributed by atoms with Crippen molar-refractivity contribution in [2.75, 3.05) is 11.4 Å². The van der Waals surface area contributed by atoms with E-state index in [2.05, 4.69) is 105 Å². The minimum absolute atomic E-state index is 0.00458. The molecule has 5 rings (SSSR count). The Bertz CT molecular complexity index is 1240. The fourth-order valence-electron chi connectivity index (χ4n) is 4.38. The summed E-state index contributed by atoms with van der Waals surface area (Å²) in [7, 11) is 2.17. The molecule has 1 aromatic heterocycles.